The molecule has 0 rings (SSSR count). The number of hydrogen-bond donors (Lipinski definition) is 2. The van der Waals surface area contributed by atoms with Crippen LogP contribution >= 0.6 is 12.6 Å². The molecule has 0 radical (unpaired) electrons. The van der Waals surface area contributed by atoms with Crippen LogP contribution < -0.4 is 5.32 Å². The van der Waals surface area contributed by atoms with Gasteiger partial charge in [-0.15, -0.1) is 0 Å². The van der Waals surface area contributed by atoms with Crippen LogP contribution in [0.5, 0.6) is 0 Å². The van der Waals surface area contributed by atoms with E-state index in [0.29, 0.717) is 18.8 Å². The van der Waals surface area contributed by atoms with Gasteiger partial charge in [-0.05, 0) is 25.0 Å². The Morgan fingerprint density at radius 1 is 1.43 bits per heavy atom. The molecular weight excluding hydrogens is 198 g/mol. The highest BCUT2D eigenvalue weighted by Crippen LogP contribution is 1.94. The summed E-state index contributed by atoms with van der Waals surface area (Å²) in [5.74, 6) is 0.668. The van der Waals surface area contributed by atoms with Crippen molar-refractivity contribution in [3.05, 3.63) is 0 Å². The van der Waals surface area contributed by atoms with Crippen LogP contribution in [0.4, 0.5) is 0 Å². The third kappa shape index (κ3) is 9.27. The van der Waals surface area contributed by atoms with Crippen LogP contribution in [-0.2, 0) is 9.53 Å². The number of hydrogen-bond acceptors (Lipinski definition) is 3. The number of carbonyl (C=O) groups is 1. The summed E-state index contributed by atoms with van der Waals surface area (Å²) in [5.41, 5.74) is 0. The lowest BCUT2D eigenvalue weighted by molar-refractivity contribution is -0.120. The fourth-order valence-corrected chi connectivity index (χ4v) is 1.16. The van der Waals surface area contributed by atoms with E-state index >= 15 is 0 Å². The maximum Gasteiger partial charge on any atom is 0.220 e. The largest absolute Gasteiger partial charge is 0.447 e. The molecule has 3 nitrogen and oxygen atoms in total. The highest BCUT2D eigenvalue weighted by atomic mass is 32.1. The first kappa shape index (κ1) is 13.2. The zero-order valence-corrected chi connectivity index (χ0v) is 9.19. The zero-order valence-electron chi connectivity index (χ0n) is 8.29. The lowest BCUT2D eigenvalue weighted by atomic mass is 10.2. The van der Waals surface area contributed by atoms with Crippen molar-refractivity contribution < 1.29 is 9.53 Å². The molecule has 14 heavy (non-hydrogen) atoms. The third-order valence-corrected chi connectivity index (χ3v) is 1.89. The Balaban J connectivity index is 3.06. The van der Waals surface area contributed by atoms with E-state index in [1.165, 1.54) is 0 Å². The van der Waals surface area contributed by atoms with Gasteiger partial charge in [0.15, 0.2) is 0 Å². The molecule has 1 amide bonds. The molecule has 0 atom stereocenters. The Bertz CT molecular complexity index is 189. The van der Waals surface area contributed by atoms with E-state index in [0.717, 1.165) is 25.8 Å². The second kappa shape index (κ2) is 10.3. The first-order valence-corrected chi connectivity index (χ1v) is 5.39. The quantitative estimate of drug-likeness (QED) is 0.363. The van der Waals surface area contributed by atoms with Gasteiger partial charge in [0.2, 0.25) is 5.91 Å². The van der Waals surface area contributed by atoms with Crippen LogP contribution in [0, 0.1) is 12.5 Å². The Labute approximate surface area is 91.0 Å². The van der Waals surface area contributed by atoms with Gasteiger partial charge in [-0.3, -0.25) is 4.79 Å². The molecule has 0 aromatic heterocycles. The highest BCUT2D eigenvalue weighted by molar-refractivity contribution is 7.80. The maximum atomic E-state index is 11.0. The molecule has 0 saturated carbocycles. The van der Waals surface area contributed by atoms with Gasteiger partial charge < -0.3 is 10.1 Å². The van der Waals surface area contributed by atoms with E-state index in [2.05, 4.69) is 24.1 Å². The first-order valence-electron chi connectivity index (χ1n) is 4.76. The zero-order chi connectivity index (χ0) is 10.6. The van der Waals surface area contributed by atoms with E-state index < -0.39 is 0 Å². The van der Waals surface area contributed by atoms with Gasteiger partial charge in [0, 0.05) is 13.0 Å². The fraction of sp³-hybridized carbons (Fsp3) is 0.700. The van der Waals surface area contributed by atoms with Crippen molar-refractivity contribution in [2.75, 3.05) is 18.9 Å². The smallest absolute Gasteiger partial charge is 0.220 e. The number of ether oxygens (including phenoxy) is 1. The number of thiol groups is 1. The molecule has 0 aliphatic heterocycles. The predicted molar refractivity (Wildman–Crippen MR) is 60.1 cm³/mol. The summed E-state index contributed by atoms with van der Waals surface area (Å²) in [7, 11) is 0. The molecule has 0 bridgehead atoms. The molecule has 0 unspecified atom stereocenters. The minimum atomic E-state index is 0.0693. The average molecular weight is 215 g/mol. The average Bonchev–Trinajstić information content (AvgIpc) is 2.17. The summed E-state index contributed by atoms with van der Waals surface area (Å²) in [4.78, 5) is 11.0. The molecular formula is C10H17NO2S. The molecule has 0 aliphatic rings. The Morgan fingerprint density at radius 3 is 2.86 bits per heavy atom. The Morgan fingerprint density at radius 2 is 2.21 bits per heavy atom. The van der Waals surface area contributed by atoms with E-state index in [9.17, 15) is 4.79 Å². The van der Waals surface area contributed by atoms with Gasteiger partial charge in [-0.25, -0.2) is 0 Å². The summed E-state index contributed by atoms with van der Waals surface area (Å²) in [5, 5.41) is 2.81. The van der Waals surface area contributed by atoms with Crippen LogP contribution in [0.1, 0.15) is 25.7 Å². The van der Waals surface area contributed by atoms with Crippen LogP contribution in [0.2, 0.25) is 0 Å². The summed E-state index contributed by atoms with van der Waals surface area (Å²) in [6.45, 7) is 1.32. The molecule has 80 valence electrons. The SMILES string of the molecule is C#COCCCCCNC(=O)CCS. The van der Waals surface area contributed by atoms with Crippen LogP contribution in [0.25, 0.3) is 0 Å². The lowest BCUT2D eigenvalue weighted by Gasteiger charge is -2.03. The van der Waals surface area contributed by atoms with E-state index in [4.69, 9.17) is 11.2 Å². The van der Waals surface area contributed by atoms with Crippen molar-refractivity contribution in [1.29, 1.82) is 0 Å². The number of nitrogens with one attached hydrogen (secondary N) is 1. The van der Waals surface area contributed by atoms with Gasteiger partial charge >= 0.3 is 0 Å². The highest BCUT2D eigenvalue weighted by Gasteiger charge is 1.97. The lowest BCUT2D eigenvalue weighted by Crippen LogP contribution is -2.24. The first-order chi connectivity index (χ1) is 6.81. The summed E-state index contributed by atoms with van der Waals surface area (Å²) >= 11 is 3.97. The number of terminal acetylenes is 1. The molecule has 0 aromatic carbocycles. The topological polar surface area (TPSA) is 38.3 Å². The van der Waals surface area contributed by atoms with Gasteiger partial charge in [-0.2, -0.15) is 12.6 Å². The van der Waals surface area contributed by atoms with Crippen LogP contribution in [0.15, 0.2) is 0 Å². The predicted octanol–water partition coefficient (Wildman–Crippen LogP) is 1.20. The monoisotopic (exact) mass is 215 g/mol. The van der Waals surface area contributed by atoms with Crippen molar-refractivity contribution in [2.45, 2.75) is 25.7 Å². The Hall–Kier alpha value is -0.820. The fourth-order valence-electron chi connectivity index (χ4n) is 0.953. The van der Waals surface area contributed by atoms with Crippen molar-refractivity contribution in [3.8, 4) is 12.5 Å². The third-order valence-electron chi connectivity index (χ3n) is 1.67. The van der Waals surface area contributed by atoms with E-state index in [1.54, 1.807) is 0 Å². The number of amides is 1. The molecule has 0 fully saturated rings. The van der Waals surface area contributed by atoms with Crippen molar-refractivity contribution >= 4 is 18.5 Å². The summed E-state index contributed by atoms with van der Waals surface area (Å²) in [6, 6.07) is 0. The minimum Gasteiger partial charge on any atom is -0.447 e. The molecule has 0 aliphatic carbocycles. The molecule has 1 N–H and O–H groups in total. The second-order valence-corrected chi connectivity index (χ2v) is 3.30. The van der Waals surface area contributed by atoms with E-state index in [1.807, 2.05) is 0 Å². The molecule has 0 aromatic rings. The number of carbonyl (C=O) groups excluding carboxylic acids is 1. The molecule has 0 heterocycles. The minimum absolute atomic E-state index is 0.0693. The van der Waals surface area contributed by atoms with Crippen LogP contribution in [-0.4, -0.2) is 24.8 Å². The summed E-state index contributed by atoms with van der Waals surface area (Å²) < 4.78 is 4.73. The Kier molecular flexibility index (Phi) is 9.66. The van der Waals surface area contributed by atoms with Crippen molar-refractivity contribution in [1.82, 2.24) is 5.32 Å². The second-order valence-electron chi connectivity index (χ2n) is 2.85. The molecule has 4 heteroatoms. The van der Waals surface area contributed by atoms with Gasteiger partial charge in [0.25, 0.3) is 0 Å². The normalized spacial score (nSPS) is 9.14. The van der Waals surface area contributed by atoms with Crippen LogP contribution in [0.3, 0.4) is 0 Å². The standard InChI is InChI=1S/C10H17NO2S/c1-2-13-8-5-3-4-7-11-10(12)6-9-14/h1,14H,3-9H2,(H,11,12). The molecule has 0 spiro atoms. The van der Waals surface area contributed by atoms with Crippen molar-refractivity contribution in [2.24, 2.45) is 0 Å². The van der Waals surface area contributed by atoms with Gasteiger partial charge in [-0.1, -0.05) is 6.42 Å². The van der Waals surface area contributed by atoms with Gasteiger partial charge in [0.1, 0.15) is 12.7 Å². The maximum absolute atomic E-state index is 11.0. The van der Waals surface area contributed by atoms with E-state index in [-0.39, 0.29) is 5.91 Å². The molecule has 0 saturated heterocycles. The summed E-state index contributed by atoms with van der Waals surface area (Å²) in [6.07, 6.45) is 10.4. The number of unbranched alkanes of at least 4 members (excludes halogenated alkanes) is 2. The van der Waals surface area contributed by atoms with Gasteiger partial charge in [0.05, 0.1) is 0 Å². The van der Waals surface area contributed by atoms with Crippen molar-refractivity contribution in [3.63, 3.8) is 0 Å². The number of rotatable bonds is 8.